The minimum Gasteiger partial charge on any atom is -0.454 e. The van der Waals surface area contributed by atoms with Crippen LogP contribution in [0.1, 0.15) is 15.9 Å². The first-order valence-corrected chi connectivity index (χ1v) is 8.85. The van der Waals surface area contributed by atoms with E-state index in [1.807, 2.05) is 17.0 Å². The summed E-state index contributed by atoms with van der Waals surface area (Å²) in [5.41, 5.74) is 1.76. The summed E-state index contributed by atoms with van der Waals surface area (Å²) < 4.78 is 23.6. The standard InChI is InChI=1S/C20H21FN2O3/c21-17-4-1-15(2-5-17)7-8-22-9-11-23(12-10-22)20(24)16-3-6-18-19(13-16)26-14-25-18/h1-6,13H,7-12,14H2. The van der Waals surface area contributed by atoms with Gasteiger partial charge in [0.2, 0.25) is 6.79 Å². The Bertz CT molecular complexity index is 786. The van der Waals surface area contributed by atoms with Gasteiger partial charge in [-0.1, -0.05) is 12.1 Å². The number of carbonyl (C=O) groups excluding carboxylic acids is 1. The van der Waals surface area contributed by atoms with Crippen molar-refractivity contribution in [1.29, 1.82) is 0 Å². The molecule has 2 aliphatic heterocycles. The number of amides is 1. The van der Waals surface area contributed by atoms with Gasteiger partial charge in [0.25, 0.3) is 5.91 Å². The van der Waals surface area contributed by atoms with Crippen molar-refractivity contribution in [2.75, 3.05) is 39.5 Å². The molecule has 0 aromatic heterocycles. The highest BCUT2D eigenvalue weighted by Gasteiger charge is 2.24. The van der Waals surface area contributed by atoms with Gasteiger partial charge in [0.05, 0.1) is 0 Å². The molecule has 1 saturated heterocycles. The molecule has 136 valence electrons. The van der Waals surface area contributed by atoms with Crippen molar-refractivity contribution in [1.82, 2.24) is 9.80 Å². The number of rotatable bonds is 4. The van der Waals surface area contributed by atoms with Crippen LogP contribution in [-0.2, 0) is 6.42 Å². The lowest BCUT2D eigenvalue weighted by molar-refractivity contribution is 0.0638. The molecule has 5 nitrogen and oxygen atoms in total. The molecular formula is C20H21FN2O3. The van der Waals surface area contributed by atoms with Crippen LogP contribution in [0, 0.1) is 5.82 Å². The maximum Gasteiger partial charge on any atom is 0.254 e. The molecule has 1 fully saturated rings. The van der Waals surface area contributed by atoms with Gasteiger partial charge in [-0.25, -0.2) is 4.39 Å². The van der Waals surface area contributed by atoms with Gasteiger partial charge in [-0.15, -0.1) is 0 Å². The zero-order chi connectivity index (χ0) is 17.9. The molecule has 2 aromatic rings. The molecule has 0 atom stereocenters. The third-order valence-corrected chi connectivity index (χ3v) is 4.91. The van der Waals surface area contributed by atoms with E-state index in [1.165, 1.54) is 12.1 Å². The van der Waals surface area contributed by atoms with Gasteiger partial charge >= 0.3 is 0 Å². The second kappa shape index (κ2) is 7.33. The number of halogens is 1. The second-order valence-corrected chi connectivity index (χ2v) is 6.58. The third kappa shape index (κ3) is 3.65. The molecule has 4 rings (SSSR count). The Kier molecular flexibility index (Phi) is 4.75. The number of hydrogen-bond acceptors (Lipinski definition) is 4. The molecule has 0 N–H and O–H groups in total. The number of hydrogen-bond donors (Lipinski definition) is 0. The third-order valence-electron chi connectivity index (χ3n) is 4.91. The fourth-order valence-corrected chi connectivity index (χ4v) is 3.32. The highest BCUT2D eigenvalue weighted by molar-refractivity contribution is 5.95. The summed E-state index contributed by atoms with van der Waals surface area (Å²) in [6.45, 7) is 4.22. The summed E-state index contributed by atoms with van der Waals surface area (Å²) in [6, 6.07) is 12.0. The minimum absolute atomic E-state index is 0.0292. The predicted molar refractivity (Wildman–Crippen MR) is 95.0 cm³/mol. The van der Waals surface area contributed by atoms with Crippen molar-refractivity contribution >= 4 is 5.91 Å². The first-order valence-electron chi connectivity index (χ1n) is 8.85. The number of ether oxygens (including phenoxy) is 2. The van der Waals surface area contributed by atoms with E-state index >= 15 is 0 Å². The maximum atomic E-state index is 13.0. The van der Waals surface area contributed by atoms with Crippen molar-refractivity contribution in [2.45, 2.75) is 6.42 Å². The molecule has 2 heterocycles. The summed E-state index contributed by atoms with van der Waals surface area (Å²) >= 11 is 0. The van der Waals surface area contributed by atoms with Crippen molar-refractivity contribution in [3.8, 4) is 11.5 Å². The lowest BCUT2D eigenvalue weighted by atomic mass is 10.1. The molecule has 0 bridgehead atoms. The summed E-state index contributed by atoms with van der Waals surface area (Å²) in [5, 5.41) is 0. The van der Waals surface area contributed by atoms with Gasteiger partial charge in [0, 0.05) is 38.3 Å². The average molecular weight is 356 g/mol. The normalized spacial score (nSPS) is 16.7. The van der Waals surface area contributed by atoms with E-state index in [-0.39, 0.29) is 18.5 Å². The lowest BCUT2D eigenvalue weighted by Crippen LogP contribution is -2.49. The van der Waals surface area contributed by atoms with Gasteiger partial charge < -0.3 is 14.4 Å². The minimum atomic E-state index is -0.204. The monoisotopic (exact) mass is 356 g/mol. The second-order valence-electron chi connectivity index (χ2n) is 6.58. The van der Waals surface area contributed by atoms with Crippen molar-refractivity contribution in [3.05, 3.63) is 59.4 Å². The van der Waals surface area contributed by atoms with Crippen molar-refractivity contribution in [2.24, 2.45) is 0 Å². The van der Waals surface area contributed by atoms with Gasteiger partial charge in [-0.2, -0.15) is 0 Å². The Morgan fingerprint density at radius 2 is 1.69 bits per heavy atom. The molecule has 2 aromatic carbocycles. The van der Waals surface area contributed by atoms with Crippen molar-refractivity contribution < 1.29 is 18.7 Å². The summed E-state index contributed by atoms with van der Waals surface area (Å²) in [6.07, 6.45) is 0.885. The fourth-order valence-electron chi connectivity index (χ4n) is 3.32. The van der Waals surface area contributed by atoms with Crippen LogP contribution in [0.3, 0.4) is 0 Å². The van der Waals surface area contributed by atoms with Crippen LogP contribution in [-0.4, -0.2) is 55.2 Å². The summed E-state index contributed by atoms with van der Waals surface area (Å²) in [4.78, 5) is 16.9. The molecule has 0 spiro atoms. The quantitative estimate of drug-likeness (QED) is 0.844. The number of benzene rings is 2. The van der Waals surface area contributed by atoms with Gasteiger partial charge in [0.15, 0.2) is 11.5 Å². The van der Waals surface area contributed by atoms with E-state index in [9.17, 15) is 9.18 Å². The predicted octanol–water partition coefficient (Wildman–Crippen LogP) is 2.55. The average Bonchev–Trinajstić information content (AvgIpc) is 3.15. The van der Waals surface area contributed by atoms with E-state index in [0.29, 0.717) is 30.2 Å². The lowest BCUT2D eigenvalue weighted by Gasteiger charge is -2.34. The van der Waals surface area contributed by atoms with Crippen LogP contribution >= 0.6 is 0 Å². The van der Waals surface area contributed by atoms with E-state index in [2.05, 4.69) is 4.90 Å². The number of fused-ring (bicyclic) bond motifs is 1. The maximum absolute atomic E-state index is 13.0. The van der Waals surface area contributed by atoms with Crippen molar-refractivity contribution in [3.63, 3.8) is 0 Å². The molecule has 0 radical (unpaired) electrons. The summed E-state index contributed by atoms with van der Waals surface area (Å²) in [7, 11) is 0. The first kappa shape index (κ1) is 16.8. The van der Waals surface area contributed by atoms with Crippen LogP contribution < -0.4 is 9.47 Å². The van der Waals surface area contributed by atoms with Crippen LogP contribution in [0.5, 0.6) is 11.5 Å². The Morgan fingerprint density at radius 3 is 2.46 bits per heavy atom. The van der Waals surface area contributed by atoms with Crippen LogP contribution in [0.25, 0.3) is 0 Å². The Morgan fingerprint density at radius 1 is 0.962 bits per heavy atom. The fraction of sp³-hybridized carbons (Fsp3) is 0.350. The molecule has 0 aliphatic carbocycles. The SMILES string of the molecule is O=C(c1ccc2c(c1)OCO2)N1CCN(CCc2ccc(F)cc2)CC1. The smallest absolute Gasteiger partial charge is 0.254 e. The van der Waals surface area contributed by atoms with Crippen LogP contribution in [0.2, 0.25) is 0 Å². The zero-order valence-corrected chi connectivity index (χ0v) is 14.5. The molecule has 2 aliphatic rings. The molecule has 26 heavy (non-hydrogen) atoms. The number of carbonyl (C=O) groups is 1. The van der Waals surface area contributed by atoms with Gasteiger partial charge in [-0.3, -0.25) is 9.69 Å². The first-order chi connectivity index (χ1) is 12.7. The van der Waals surface area contributed by atoms with E-state index < -0.39 is 0 Å². The van der Waals surface area contributed by atoms with Gasteiger partial charge in [0.1, 0.15) is 5.82 Å². The van der Waals surface area contributed by atoms with E-state index in [1.54, 1.807) is 18.2 Å². The topological polar surface area (TPSA) is 42.0 Å². The van der Waals surface area contributed by atoms with Crippen LogP contribution in [0.15, 0.2) is 42.5 Å². The number of nitrogens with zero attached hydrogens (tertiary/aromatic N) is 2. The highest BCUT2D eigenvalue weighted by Crippen LogP contribution is 2.32. The number of piperazine rings is 1. The molecular weight excluding hydrogens is 335 g/mol. The summed E-state index contributed by atoms with van der Waals surface area (Å²) in [5.74, 6) is 1.15. The largest absolute Gasteiger partial charge is 0.454 e. The molecule has 0 unspecified atom stereocenters. The Labute approximate surface area is 151 Å². The zero-order valence-electron chi connectivity index (χ0n) is 14.5. The van der Waals surface area contributed by atoms with Gasteiger partial charge in [-0.05, 0) is 42.3 Å². The van der Waals surface area contributed by atoms with E-state index in [0.717, 1.165) is 31.6 Å². The Hall–Kier alpha value is -2.60. The van der Waals surface area contributed by atoms with Crippen LogP contribution in [0.4, 0.5) is 4.39 Å². The molecule has 0 saturated carbocycles. The Balaban J connectivity index is 1.29. The molecule has 1 amide bonds. The highest BCUT2D eigenvalue weighted by atomic mass is 19.1. The van der Waals surface area contributed by atoms with E-state index in [4.69, 9.17) is 9.47 Å². The molecule has 6 heteroatoms.